The van der Waals surface area contributed by atoms with E-state index in [0.717, 1.165) is 6.07 Å². The first-order chi connectivity index (χ1) is 15.2. The summed E-state index contributed by atoms with van der Waals surface area (Å²) >= 11 is 0. The molecule has 2 aromatic rings. The number of anilines is 2. The van der Waals surface area contributed by atoms with E-state index in [9.17, 15) is 23.6 Å². The minimum absolute atomic E-state index is 0.00356. The molecule has 0 spiro atoms. The minimum atomic E-state index is -0.662. The average molecular weight is 444 g/mol. The summed E-state index contributed by atoms with van der Waals surface area (Å²) in [6.07, 6.45) is 0.102. The molecule has 32 heavy (non-hydrogen) atoms. The van der Waals surface area contributed by atoms with Crippen molar-refractivity contribution in [1.29, 1.82) is 0 Å². The SMILES string of the molecule is CC(=O)NC[C@H]1CN(c2ccc(-c3cnc(N)c(C(=O)COC(C)=O)c3)c(F)c2)C(=O)O1. The number of aromatic nitrogens is 1. The second-order valence-electron chi connectivity index (χ2n) is 7.08. The van der Waals surface area contributed by atoms with Crippen LogP contribution in [0.25, 0.3) is 11.1 Å². The first-order valence-electron chi connectivity index (χ1n) is 9.60. The largest absolute Gasteiger partial charge is 0.457 e. The van der Waals surface area contributed by atoms with Crippen molar-refractivity contribution >= 4 is 35.3 Å². The Morgan fingerprint density at radius 2 is 2.06 bits per heavy atom. The number of Topliss-reactive ketones (excluding diaryl/α,β-unsaturated/α-hetero) is 1. The van der Waals surface area contributed by atoms with Crippen LogP contribution in [0.2, 0.25) is 0 Å². The van der Waals surface area contributed by atoms with E-state index in [2.05, 4.69) is 15.0 Å². The lowest BCUT2D eigenvalue weighted by Gasteiger charge is -2.15. The van der Waals surface area contributed by atoms with E-state index in [0.29, 0.717) is 0 Å². The number of nitrogens with zero attached hydrogens (tertiary/aromatic N) is 2. The second-order valence-corrected chi connectivity index (χ2v) is 7.08. The smallest absolute Gasteiger partial charge is 0.414 e. The predicted octanol–water partition coefficient (Wildman–Crippen LogP) is 1.68. The van der Waals surface area contributed by atoms with Crippen molar-refractivity contribution in [3.8, 4) is 11.1 Å². The first-order valence-corrected chi connectivity index (χ1v) is 9.60. The van der Waals surface area contributed by atoms with Gasteiger partial charge in [-0.2, -0.15) is 0 Å². The Hall–Kier alpha value is -4.02. The van der Waals surface area contributed by atoms with Crippen LogP contribution in [0, 0.1) is 5.82 Å². The molecular weight excluding hydrogens is 423 g/mol. The number of ether oxygens (including phenoxy) is 2. The Balaban J connectivity index is 1.80. The van der Waals surface area contributed by atoms with Gasteiger partial charge in [0.05, 0.1) is 24.3 Å². The molecule has 1 aliphatic heterocycles. The Bertz CT molecular complexity index is 1090. The zero-order chi connectivity index (χ0) is 23.4. The van der Waals surface area contributed by atoms with Crippen LogP contribution in [0.4, 0.5) is 20.7 Å². The van der Waals surface area contributed by atoms with E-state index >= 15 is 0 Å². The fourth-order valence-electron chi connectivity index (χ4n) is 3.09. The van der Waals surface area contributed by atoms with Crippen LogP contribution in [0.1, 0.15) is 24.2 Å². The molecule has 11 heteroatoms. The zero-order valence-corrected chi connectivity index (χ0v) is 17.4. The number of nitrogens with one attached hydrogen (secondary N) is 1. The first kappa shape index (κ1) is 22.7. The van der Waals surface area contributed by atoms with Gasteiger partial charge in [-0.3, -0.25) is 19.3 Å². The van der Waals surface area contributed by atoms with Crippen molar-refractivity contribution in [3.63, 3.8) is 0 Å². The van der Waals surface area contributed by atoms with Gasteiger partial charge in [0, 0.05) is 31.2 Å². The number of hydrogen-bond donors (Lipinski definition) is 2. The van der Waals surface area contributed by atoms with E-state index in [4.69, 9.17) is 10.5 Å². The minimum Gasteiger partial charge on any atom is -0.457 e. The Kier molecular flexibility index (Phi) is 6.67. The number of pyridine rings is 1. The molecule has 1 aliphatic rings. The number of amides is 2. The number of nitrogen functional groups attached to an aromatic ring is 1. The Morgan fingerprint density at radius 3 is 2.72 bits per heavy atom. The Labute approximate surface area is 182 Å². The molecule has 2 heterocycles. The fraction of sp³-hybridized carbons (Fsp3) is 0.286. The van der Waals surface area contributed by atoms with Gasteiger partial charge >= 0.3 is 12.1 Å². The second kappa shape index (κ2) is 9.41. The maximum Gasteiger partial charge on any atom is 0.414 e. The highest BCUT2D eigenvalue weighted by molar-refractivity contribution is 6.02. The normalized spacial score (nSPS) is 15.3. The molecule has 168 valence electrons. The van der Waals surface area contributed by atoms with Gasteiger partial charge in [0.15, 0.2) is 6.61 Å². The fourth-order valence-corrected chi connectivity index (χ4v) is 3.09. The number of nitrogens with two attached hydrogens (primary N) is 1. The molecule has 3 rings (SSSR count). The van der Waals surface area contributed by atoms with Crippen LogP contribution in [-0.2, 0) is 19.1 Å². The number of carbonyl (C=O) groups is 4. The summed E-state index contributed by atoms with van der Waals surface area (Å²) in [7, 11) is 0. The molecule has 0 unspecified atom stereocenters. The lowest BCUT2D eigenvalue weighted by molar-refractivity contribution is -0.139. The van der Waals surface area contributed by atoms with Crippen LogP contribution in [0.3, 0.4) is 0 Å². The predicted molar refractivity (Wildman–Crippen MR) is 111 cm³/mol. The molecule has 3 N–H and O–H groups in total. The van der Waals surface area contributed by atoms with Crippen molar-refractivity contribution in [2.24, 2.45) is 0 Å². The number of rotatable bonds is 7. The molecule has 1 atom stereocenters. The van der Waals surface area contributed by atoms with E-state index in [1.165, 1.54) is 43.1 Å². The monoisotopic (exact) mass is 444 g/mol. The Morgan fingerprint density at radius 1 is 1.31 bits per heavy atom. The lowest BCUT2D eigenvalue weighted by atomic mass is 10.0. The summed E-state index contributed by atoms with van der Waals surface area (Å²) in [5.74, 6) is -2.19. The van der Waals surface area contributed by atoms with Crippen LogP contribution in [-0.4, -0.2) is 54.5 Å². The highest BCUT2D eigenvalue weighted by Crippen LogP contribution is 2.30. The topological polar surface area (TPSA) is 141 Å². The molecule has 1 aromatic heterocycles. The van der Waals surface area contributed by atoms with Crippen molar-refractivity contribution in [2.75, 3.05) is 30.3 Å². The third-order valence-corrected chi connectivity index (χ3v) is 4.65. The van der Waals surface area contributed by atoms with Crippen LogP contribution < -0.4 is 16.0 Å². The third kappa shape index (κ3) is 5.17. The molecule has 0 bridgehead atoms. The van der Waals surface area contributed by atoms with E-state index < -0.39 is 36.4 Å². The van der Waals surface area contributed by atoms with Gasteiger partial charge in [0.2, 0.25) is 11.7 Å². The van der Waals surface area contributed by atoms with Gasteiger partial charge in [-0.15, -0.1) is 0 Å². The van der Waals surface area contributed by atoms with Crippen molar-refractivity contribution < 1.29 is 33.0 Å². The molecule has 1 saturated heterocycles. The highest BCUT2D eigenvalue weighted by atomic mass is 19.1. The number of ketones is 1. The number of benzene rings is 1. The third-order valence-electron chi connectivity index (χ3n) is 4.65. The van der Waals surface area contributed by atoms with Crippen molar-refractivity contribution in [1.82, 2.24) is 10.3 Å². The molecule has 1 fully saturated rings. The molecule has 0 saturated carbocycles. The highest BCUT2D eigenvalue weighted by Gasteiger charge is 2.32. The van der Waals surface area contributed by atoms with Crippen LogP contribution in [0.15, 0.2) is 30.5 Å². The molecule has 2 amide bonds. The van der Waals surface area contributed by atoms with E-state index in [1.54, 1.807) is 0 Å². The molecule has 10 nitrogen and oxygen atoms in total. The van der Waals surface area contributed by atoms with Gasteiger partial charge < -0.3 is 20.5 Å². The number of halogens is 1. The van der Waals surface area contributed by atoms with Gasteiger partial charge in [0.25, 0.3) is 0 Å². The summed E-state index contributed by atoms with van der Waals surface area (Å²) in [5.41, 5.74) is 6.42. The van der Waals surface area contributed by atoms with Gasteiger partial charge in [0.1, 0.15) is 17.7 Å². The quantitative estimate of drug-likeness (QED) is 0.485. The molecule has 0 aliphatic carbocycles. The number of carbonyl (C=O) groups excluding carboxylic acids is 4. The molecule has 1 aromatic carbocycles. The van der Waals surface area contributed by atoms with Crippen molar-refractivity contribution in [3.05, 3.63) is 41.8 Å². The summed E-state index contributed by atoms with van der Waals surface area (Å²) in [6.45, 7) is 2.31. The van der Waals surface area contributed by atoms with Gasteiger partial charge in [-0.05, 0) is 24.3 Å². The lowest BCUT2D eigenvalue weighted by Crippen LogP contribution is -2.33. The maximum atomic E-state index is 14.9. The summed E-state index contributed by atoms with van der Waals surface area (Å²) < 4.78 is 24.8. The summed E-state index contributed by atoms with van der Waals surface area (Å²) in [6, 6.07) is 5.48. The van der Waals surface area contributed by atoms with Gasteiger partial charge in [-0.25, -0.2) is 14.2 Å². The van der Waals surface area contributed by atoms with Crippen LogP contribution in [0.5, 0.6) is 0 Å². The summed E-state index contributed by atoms with van der Waals surface area (Å²) in [4.78, 5) is 51.5. The molecular formula is C21H21FN4O6. The standard InChI is InChI=1S/C21H21FN4O6/c1-11(27)24-8-15-9-26(21(30)32-15)14-3-4-16(18(22)6-14)13-5-17(20(23)25-7-13)19(29)10-31-12(2)28/h3-7,15H,8-10H2,1-2H3,(H2,23,25)(H,24,27)/t15-/m0/s1. The number of hydrogen-bond acceptors (Lipinski definition) is 8. The van der Waals surface area contributed by atoms with Gasteiger partial charge in [-0.1, -0.05) is 0 Å². The van der Waals surface area contributed by atoms with E-state index in [1.807, 2.05) is 0 Å². The zero-order valence-electron chi connectivity index (χ0n) is 17.4. The van der Waals surface area contributed by atoms with Crippen LogP contribution >= 0.6 is 0 Å². The van der Waals surface area contributed by atoms with Crippen molar-refractivity contribution in [2.45, 2.75) is 20.0 Å². The summed E-state index contributed by atoms with van der Waals surface area (Å²) in [5, 5.41) is 2.57. The maximum absolute atomic E-state index is 14.9. The number of cyclic esters (lactones) is 1. The number of esters is 1. The van der Waals surface area contributed by atoms with E-state index in [-0.39, 0.29) is 47.2 Å². The average Bonchev–Trinajstić information content (AvgIpc) is 3.11. The molecule has 0 radical (unpaired) electrons.